The van der Waals surface area contributed by atoms with Crippen molar-refractivity contribution in [2.45, 2.75) is 29.9 Å². The van der Waals surface area contributed by atoms with Gasteiger partial charge in [-0.3, -0.25) is 19.1 Å². The van der Waals surface area contributed by atoms with Crippen LogP contribution in [0.25, 0.3) is 0 Å². The van der Waals surface area contributed by atoms with E-state index < -0.39 is 22.7 Å². The van der Waals surface area contributed by atoms with Crippen LogP contribution < -0.4 is 10.1 Å². The lowest BCUT2D eigenvalue weighted by Crippen LogP contribution is -2.15. The van der Waals surface area contributed by atoms with Gasteiger partial charge < -0.3 is 4.74 Å². The number of ether oxygens (including phenoxy) is 1. The van der Waals surface area contributed by atoms with Gasteiger partial charge in [0.25, 0.3) is 5.91 Å². The fourth-order valence-corrected chi connectivity index (χ4v) is 3.70. The average molecular weight is 364 g/mol. The number of anilines is 1. The van der Waals surface area contributed by atoms with Gasteiger partial charge in [-0.1, -0.05) is 17.4 Å². The SMILES string of the molecule is CC(=O)Oc1cc(C2CC2)ccc1C(=O)Nc1ncc(S(C)=O)s1. The fourth-order valence-electron chi connectivity index (χ4n) is 2.25. The third kappa shape index (κ3) is 3.88. The summed E-state index contributed by atoms with van der Waals surface area (Å²) in [5, 5.41) is 3.01. The summed E-state index contributed by atoms with van der Waals surface area (Å²) in [5.41, 5.74) is 1.34. The molecule has 1 aromatic heterocycles. The van der Waals surface area contributed by atoms with Crippen molar-refractivity contribution in [1.82, 2.24) is 4.98 Å². The number of aromatic nitrogens is 1. The number of thiazole rings is 1. The molecule has 1 aliphatic rings. The van der Waals surface area contributed by atoms with Gasteiger partial charge in [0.05, 0.1) is 22.6 Å². The summed E-state index contributed by atoms with van der Waals surface area (Å²) in [6.45, 7) is 1.30. The maximum absolute atomic E-state index is 12.5. The lowest BCUT2D eigenvalue weighted by Gasteiger charge is -2.10. The van der Waals surface area contributed by atoms with Crippen LogP contribution in [0.2, 0.25) is 0 Å². The van der Waals surface area contributed by atoms with Crippen LogP contribution in [0.5, 0.6) is 5.75 Å². The fraction of sp³-hybridized carbons (Fsp3) is 0.312. The van der Waals surface area contributed by atoms with E-state index in [1.807, 2.05) is 6.07 Å². The summed E-state index contributed by atoms with van der Waals surface area (Å²) < 4.78 is 17.2. The quantitative estimate of drug-likeness (QED) is 0.651. The third-order valence-electron chi connectivity index (χ3n) is 3.54. The molecule has 1 atom stereocenters. The summed E-state index contributed by atoms with van der Waals surface area (Å²) in [4.78, 5) is 27.8. The van der Waals surface area contributed by atoms with E-state index in [0.29, 0.717) is 15.3 Å². The van der Waals surface area contributed by atoms with Gasteiger partial charge >= 0.3 is 5.97 Å². The normalized spacial score (nSPS) is 14.9. The van der Waals surface area contributed by atoms with E-state index in [0.717, 1.165) is 29.7 Å². The maximum atomic E-state index is 12.5. The average Bonchev–Trinajstić information content (AvgIpc) is 3.26. The molecule has 3 rings (SSSR count). The molecule has 1 aromatic carbocycles. The van der Waals surface area contributed by atoms with Crippen molar-refractivity contribution in [3.05, 3.63) is 35.5 Å². The zero-order chi connectivity index (χ0) is 17.3. The molecule has 1 amide bonds. The highest BCUT2D eigenvalue weighted by molar-refractivity contribution is 7.86. The minimum Gasteiger partial charge on any atom is -0.426 e. The lowest BCUT2D eigenvalue weighted by molar-refractivity contribution is -0.131. The van der Waals surface area contributed by atoms with Crippen LogP contribution in [-0.2, 0) is 15.6 Å². The van der Waals surface area contributed by atoms with Gasteiger partial charge in [-0.25, -0.2) is 4.98 Å². The number of carbonyl (C=O) groups excluding carboxylic acids is 2. The zero-order valence-electron chi connectivity index (χ0n) is 13.2. The van der Waals surface area contributed by atoms with E-state index >= 15 is 0 Å². The zero-order valence-corrected chi connectivity index (χ0v) is 14.8. The second-order valence-corrected chi connectivity index (χ2v) is 8.15. The molecule has 0 radical (unpaired) electrons. The van der Waals surface area contributed by atoms with Gasteiger partial charge in [0.2, 0.25) is 0 Å². The Bertz CT molecular complexity index is 827. The van der Waals surface area contributed by atoms with Gasteiger partial charge in [-0.05, 0) is 36.5 Å². The first-order valence-corrected chi connectivity index (χ1v) is 9.74. The first kappa shape index (κ1) is 16.8. The smallest absolute Gasteiger partial charge is 0.308 e. The Hall–Kier alpha value is -2.06. The predicted molar refractivity (Wildman–Crippen MR) is 92.1 cm³/mol. The molecule has 0 saturated heterocycles. The van der Waals surface area contributed by atoms with Crippen LogP contribution in [-0.4, -0.2) is 27.3 Å². The van der Waals surface area contributed by atoms with Gasteiger partial charge in [0.1, 0.15) is 9.96 Å². The highest BCUT2D eigenvalue weighted by atomic mass is 32.2. The monoisotopic (exact) mass is 364 g/mol. The van der Waals surface area contributed by atoms with Crippen LogP contribution in [0.3, 0.4) is 0 Å². The van der Waals surface area contributed by atoms with Gasteiger partial charge in [-0.15, -0.1) is 0 Å². The van der Waals surface area contributed by atoms with Crippen molar-refractivity contribution in [3.63, 3.8) is 0 Å². The highest BCUT2D eigenvalue weighted by Gasteiger charge is 2.26. The lowest BCUT2D eigenvalue weighted by atomic mass is 10.1. The predicted octanol–water partition coefficient (Wildman–Crippen LogP) is 2.94. The third-order valence-corrected chi connectivity index (χ3v) is 5.87. The second kappa shape index (κ2) is 6.82. The molecule has 2 aromatic rings. The largest absolute Gasteiger partial charge is 0.426 e. The van der Waals surface area contributed by atoms with Gasteiger partial charge in [0.15, 0.2) is 5.13 Å². The number of benzene rings is 1. The number of hydrogen-bond acceptors (Lipinski definition) is 6. The Morgan fingerprint density at radius 2 is 2.12 bits per heavy atom. The van der Waals surface area contributed by atoms with Crippen LogP contribution in [0.4, 0.5) is 5.13 Å². The molecule has 6 nitrogen and oxygen atoms in total. The van der Waals surface area contributed by atoms with Crippen molar-refractivity contribution in [2.75, 3.05) is 11.6 Å². The van der Waals surface area contributed by atoms with Gasteiger partial charge in [-0.2, -0.15) is 0 Å². The molecule has 1 heterocycles. The van der Waals surface area contributed by atoms with Crippen LogP contribution in [0, 0.1) is 0 Å². The molecule has 8 heteroatoms. The van der Waals surface area contributed by atoms with E-state index in [9.17, 15) is 13.8 Å². The summed E-state index contributed by atoms with van der Waals surface area (Å²) >= 11 is 1.15. The number of esters is 1. The van der Waals surface area contributed by atoms with E-state index in [4.69, 9.17) is 4.74 Å². The van der Waals surface area contributed by atoms with Crippen LogP contribution in [0.1, 0.15) is 41.6 Å². The first-order chi connectivity index (χ1) is 11.4. The number of hydrogen-bond donors (Lipinski definition) is 1. The second-order valence-electron chi connectivity index (χ2n) is 5.52. The number of amides is 1. The Labute approximate surface area is 145 Å². The summed E-state index contributed by atoms with van der Waals surface area (Å²) in [6.07, 6.45) is 5.25. The van der Waals surface area contributed by atoms with Crippen LogP contribution >= 0.6 is 11.3 Å². The molecule has 1 fully saturated rings. The summed E-state index contributed by atoms with van der Waals surface area (Å²) in [7, 11) is -1.15. The number of rotatable bonds is 5. The highest BCUT2D eigenvalue weighted by Crippen LogP contribution is 2.41. The molecule has 1 N–H and O–H groups in total. The van der Waals surface area contributed by atoms with Crippen molar-refractivity contribution < 1.29 is 18.5 Å². The molecular formula is C16H16N2O4S2. The minimum absolute atomic E-state index is 0.250. The Balaban J connectivity index is 1.84. The van der Waals surface area contributed by atoms with Crippen molar-refractivity contribution in [2.24, 2.45) is 0 Å². The van der Waals surface area contributed by atoms with Crippen molar-refractivity contribution >= 4 is 39.1 Å². The van der Waals surface area contributed by atoms with E-state index in [1.165, 1.54) is 13.1 Å². The summed E-state index contributed by atoms with van der Waals surface area (Å²) in [5.74, 6) is -0.163. The van der Waals surface area contributed by atoms with Gasteiger partial charge in [0, 0.05) is 13.2 Å². The molecule has 0 bridgehead atoms. The van der Waals surface area contributed by atoms with E-state index in [2.05, 4.69) is 10.3 Å². The van der Waals surface area contributed by atoms with Crippen LogP contribution in [0.15, 0.2) is 28.6 Å². The van der Waals surface area contributed by atoms with E-state index in [-0.39, 0.29) is 11.3 Å². The molecule has 1 aliphatic carbocycles. The molecular weight excluding hydrogens is 348 g/mol. The standard InChI is InChI=1S/C16H16N2O4S2/c1-9(19)22-13-7-11(10-3-4-10)5-6-12(13)15(20)18-16-17-8-14(23-16)24(2)21/h5-8,10H,3-4H2,1-2H3,(H,17,18,20). The maximum Gasteiger partial charge on any atom is 0.308 e. The number of nitrogens with one attached hydrogen (secondary N) is 1. The first-order valence-electron chi connectivity index (χ1n) is 7.37. The Morgan fingerprint density at radius 3 is 2.71 bits per heavy atom. The minimum atomic E-state index is -1.15. The van der Waals surface area contributed by atoms with E-state index in [1.54, 1.807) is 18.4 Å². The Morgan fingerprint density at radius 1 is 1.38 bits per heavy atom. The number of carbonyl (C=O) groups is 2. The van der Waals surface area contributed by atoms with Crippen molar-refractivity contribution in [3.8, 4) is 5.75 Å². The summed E-state index contributed by atoms with van der Waals surface area (Å²) in [6, 6.07) is 5.30. The topological polar surface area (TPSA) is 85.4 Å². The molecule has 0 spiro atoms. The molecule has 0 aliphatic heterocycles. The van der Waals surface area contributed by atoms with Crippen molar-refractivity contribution in [1.29, 1.82) is 0 Å². The molecule has 24 heavy (non-hydrogen) atoms. The molecule has 1 unspecified atom stereocenters. The Kier molecular flexibility index (Phi) is 4.77. The number of nitrogens with zero attached hydrogens (tertiary/aromatic N) is 1. The molecule has 1 saturated carbocycles. The molecule has 126 valence electrons.